The van der Waals surface area contributed by atoms with Crippen LogP contribution in [-0.4, -0.2) is 88.4 Å². The van der Waals surface area contributed by atoms with Crippen LogP contribution in [0.15, 0.2) is 60.8 Å². The number of rotatable bonds is 35. The molecule has 6 atom stereocenters. The van der Waals surface area contributed by atoms with Gasteiger partial charge in [0.25, 0.3) is 0 Å². The van der Waals surface area contributed by atoms with Gasteiger partial charge in [0.2, 0.25) is 0 Å². The summed E-state index contributed by atoms with van der Waals surface area (Å²) >= 11 is 0. The Kier molecular flexibility index (Phi) is 32.8. The Hall–Kier alpha value is -3.09. The molecule has 0 amide bonds. The Balaban J connectivity index is 2.38. The fourth-order valence-corrected chi connectivity index (χ4v) is 6.16. The number of aliphatic hydroxyl groups excluding tert-OH is 3. The van der Waals surface area contributed by atoms with Gasteiger partial charge in [0.15, 0.2) is 18.5 Å². The van der Waals surface area contributed by atoms with Crippen LogP contribution in [-0.2, 0) is 33.3 Å². The van der Waals surface area contributed by atoms with E-state index in [1.54, 1.807) is 0 Å². The van der Waals surface area contributed by atoms with Crippen molar-refractivity contribution in [2.24, 2.45) is 0 Å². The molecule has 1 heterocycles. The molecule has 0 aromatic carbocycles. The van der Waals surface area contributed by atoms with Crippen molar-refractivity contribution in [3.05, 3.63) is 60.8 Å². The summed E-state index contributed by atoms with van der Waals surface area (Å²) in [5.74, 6) is -2.48. The second-order valence-electron chi connectivity index (χ2n) is 14.8. The number of aliphatic hydroxyl groups is 3. The molecule has 1 rings (SSSR count). The molecule has 0 aromatic rings. The Morgan fingerprint density at radius 1 is 0.561 bits per heavy atom. The first kappa shape index (κ1) is 51.9. The van der Waals surface area contributed by atoms with Gasteiger partial charge < -0.3 is 39.4 Å². The third-order valence-electron chi connectivity index (χ3n) is 9.60. The summed E-state index contributed by atoms with van der Waals surface area (Å²) in [4.78, 5) is 36.8. The largest absolute Gasteiger partial charge is 0.479 e. The van der Waals surface area contributed by atoms with Crippen LogP contribution < -0.4 is 0 Å². The number of hydrogen-bond donors (Lipinski definition) is 4. The van der Waals surface area contributed by atoms with Gasteiger partial charge in [-0.3, -0.25) is 9.59 Å². The lowest BCUT2D eigenvalue weighted by Gasteiger charge is -2.38. The van der Waals surface area contributed by atoms with Crippen molar-refractivity contribution in [2.75, 3.05) is 13.2 Å². The number of allylic oxidation sites excluding steroid dienone is 10. The number of esters is 2. The Bertz CT molecular complexity index is 1180. The molecule has 11 nitrogen and oxygen atoms in total. The first-order valence-corrected chi connectivity index (χ1v) is 21.8. The minimum Gasteiger partial charge on any atom is -0.479 e. The first-order valence-electron chi connectivity index (χ1n) is 21.8. The van der Waals surface area contributed by atoms with Gasteiger partial charge in [0.1, 0.15) is 24.9 Å². The summed E-state index contributed by atoms with van der Waals surface area (Å²) in [6, 6.07) is 0. The van der Waals surface area contributed by atoms with E-state index < -0.39 is 61.3 Å². The molecule has 57 heavy (non-hydrogen) atoms. The third kappa shape index (κ3) is 28.1. The minimum atomic E-state index is -1.87. The molecule has 1 saturated heterocycles. The maximum atomic E-state index is 12.7. The molecular weight excluding hydrogens is 728 g/mol. The molecule has 0 aliphatic carbocycles. The number of unbranched alkanes of at least 4 members (excludes halogenated alkanes) is 14. The van der Waals surface area contributed by atoms with E-state index in [9.17, 15) is 34.8 Å². The number of hydrogen-bond acceptors (Lipinski definition) is 10. The van der Waals surface area contributed by atoms with Gasteiger partial charge in [-0.2, -0.15) is 0 Å². The van der Waals surface area contributed by atoms with Crippen molar-refractivity contribution in [1.29, 1.82) is 0 Å². The van der Waals surface area contributed by atoms with E-state index in [1.807, 2.05) is 0 Å². The first-order chi connectivity index (χ1) is 27.7. The van der Waals surface area contributed by atoms with E-state index in [0.29, 0.717) is 12.8 Å². The number of carboxylic acid groups (broad SMARTS) is 1. The summed E-state index contributed by atoms with van der Waals surface area (Å²) < 4.78 is 21.7. The number of carbonyl (C=O) groups is 3. The fraction of sp³-hybridized carbons (Fsp3) is 0.717. The van der Waals surface area contributed by atoms with E-state index in [-0.39, 0.29) is 19.4 Å². The minimum absolute atomic E-state index is 0.166. The molecule has 0 spiro atoms. The number of aliphatic carboxylic acids is 1. The molecule has 1 fully saturated rings. The van der Waals surface area contributed by atoms with Crippen molar-refractivity contribution >= 4 is 17.9 Å². The fourth-order valence-electron chi connectivity index (χ4n) is 6.16. The molecular formula is C46H76O11. The summed E-state index contributed by atoms with van der Waals surface area (Å²) in [7, 11) is 0. The van der Waals surface area contributed by atoms with Crippen LogP contribution in [0.25, 0.3) is 0 Å². The Labute approximate surface area is 343 Å². The maximum Gasteiger partial charge on any atom is 0.335 e. The van der Waals surface area contributed by atoms with Crippen molar-refractivity contribution < 1.29 is 53.8 Å². The topological polar surface area (TPSA) is 169 Å². The second kappa shape index (κ2) is 36.0. The lowest BCUT2D eigenvalue weighted by Crippen LogP contribution is -2.60. The molecule has 11 heteroatoms. The van der Waals surface area contributed by atoms with E-state index in [0.717, 1.165) is 103 Å². The Morgan fingerprint density at radius 3 is 1.58 bits per heavy atom. The lowest BCUT2D eigenvalue weighted by atomic mass is 9.99. The van der Waals surface area contributed by atoms with Gasteiger partial charge in [0, 0.05) is 12.8 Å². The zero-order chi connectivity index (χ0) is 41.8. The van der Waals surface area contributed by atoms with Crippen LogP contribution in [0.1, 0.15) is 162 Å². The average Bonchev–Trinajstić information content (AvgIpc) is 3.19. The predicted molar refractivity (Wildman–Crippen MR) is 224 cm³/mol. The summed E-state index contributed by atoms with van der Waals surface area (Å²) in [6.45, 7) is 3.64. The molecule has 6 unspecified atom stereocenters. The molecule has 0 radical (unpaired) electrons. The van der Waals surface area contributed by atoms with Gasteiger partial charge in [0.05, 0.1) is 6.61 Å². The van der Waals surface area contributed by atoms with Gasteiger partial charge in [-0.1, -0.05) is 132 Å². The molecule has 326 valence electrons. The zero-order valence-electron chi connectivity index (χ0n) is 35.1. The van der Waals surface area contributed by atoms with Crippen molar-refractivity contribution in [2.45, 2.75) is 198 Å². The highest BCUT2D eigenvalue weighted by molar-refractivity contribution is 5.73. The highest BCUT2D eigenvalue weighted by Crippen LogP contribution is 2.23. The van der Waals surface area contributed by atoms with E-state index in [1.165, 1.54) is 19.3 Å². The van der Waals surface area contributed by atoms with Gasteiger partial charge in [-0.25, -0.2) is 4.79 Å². The van der Waals surface area contributed by atoms with Crippen LogP contribution in [0.5, 0.6) is 0 Å². The van der Waals surface area contributed by atoms with Crippen LogP contribution in [0.3, 0.4) is 0 Å². The van der Waals surface area contributed by atoms with Crippen molar-refractivity contribution in [1.82, 2.24) is 0 Å². The highest BCUT2D eigenvalue weighted by atomic mass is 16.7. The van der Waals surface area contributed by atoms with Gasteiger partial charge in [-0.05, 0) is 77.0 Å². The summed E-state index contributed by atoms with van der Waals surface area (Å²) in [5, 5.41) is 39.8. The van der Waals surface area contributed by atoms with Crippen molar-refractivity contribution in [3.63, 3.8) is 0 Å². The normalized spacial score (nSPS) is 20.8. The number of carbonyl (C=O) groups excluding carboxylic acids is 2. The molecule has 1 aliphatic heterocycles. The smallest absolute Gasteiger partial charge is 0.335 e. The maximum absolute atomic E-state index is 12.7. The van der Waals surface area contributed by atoms with Crippen LogP contribution >= 0.6 is 0 Å². The molecule has 0 saturated carbocycles. The highest BCUT2D eigenvalue weighted by Gasteiger charge is 2.47. The second-order valence-corrected chi connectivity index (χ2v) is 14.8. The van der Waals surface area contributed by atoms with Gasteiger partial charge in [-0.15, -0.1) is 0 Å². The van der Waals surface area contributed by atoms with Crippen LogP contribution in [0, 0.1) is 0 Å². The standard InChI is InChI=1S/C46H76O11/c1-3-5-7-9-11-13-15-17-18-19-20-21-22-23-25-26-28-30-32-34-39(47)54-36-38(37-55-46-43(51)41(49)42(50)44(57-46)45(52)53)56-40(48)35-33-31-29-27-24-16-14-12-10-8-6-4-2/h5,7,11-14,17-18,20-21,38,41-44,46,49-51H,3-4,6,8-10,15-16,19,22-37H2,1-2H3,(H,52,53)/b7-5-,13-11-,14-12-,18-17-,21-20-. The lowest BCUT2D eigenvalue weighted by molar-refractivity contribution is -0.298. The van der Waals surface area contributed by atoms with Crippen LogP contribution in [0.4, 0.5) is 0 Å². The Morgan fingerprint density at radius 2 is 1.04 bits per heavy atom. The predicted octanol–water partition coefficient (Wildman–Crippen LogP) is 9.14. The van der Waals surface area contributed by atoms with E-state index in [4.69, 9.17) is 18.9 Å². The van der Waals surface area contributed by atoms with E-state index in [2.05, 4.69) is 74.6 Å². The number of ether oxygens (including phenoxy) is 4. The zero-order valence-corrected chi connectivity index (χ0v) is 35.1. The molecule has 1 aliphatic rings. The average molecular weight is 805 g/mol. The number of carboxylic acids is 1. The SMILES string of the molecule is CC/C=C\C/C=C\C/C=C\C/C=C\CCCCCCCCC(=O)OCC(COC1OC(C(=O)O)C(O)C(O)C1O)OC(=O)CCCCCCC/C=C\CCCCC. The van der Waals surface area contributed by atoms with Crippen molar-refractivity contribution in [3.8, 4) is 0 Å². The molecule has 4 N–H and O–H groups in total. The molecule has 0 aromatic heterocycles. The van der Waals surface area contributed by atoms with Crippen LogP contribution in [0.2, 0.25) is 0 Å². The summed E-state index contributed by atoms with van der Waals surface area (Å²) in [5.41, 5.74) is 0. The monoisotopic (exact) mass is 805 g/mol. The quantitative estimate of drug-likeness (QED) is 0.0274. The third-order valence-corrected chi connectivity index (χ3v) is 9.60. The molecule has 0 bridgehead atoms. The van der Waals surface area contributed by atoms with Gasteiger partial charge >= 0.3 is 17.9 Å². The summed E-state index contributed by atoms with van der Waals surface area (Å²) in [6.07, 6.45) is 34.2. The van der Waals surface area contributed by atoms with E-state index >= 15 is 0 Å².